The first kappa shape index (κ1) is 28.3. The molecule has 13 heteroatoms. The Labute approximate surface area is 195 Å². The van der Waals surface area contributed by atoms with E-state index in [1.54, 1.807) is 0 Å². The fourth-order valence-corrected chi connectivity index (χ4v) is 2.85. The quantitative estimate of drug-likeness (QED) is 0.148. The lowest BCUT2D eigenvalue weighted by atomic mass is 10.0. The number of rotatable bonds is 13. The molecule has 0 saturated carbocycles. The summed E-state index contributed by atoms with van der Waals surface area (Å²) in [6, 6.07) is 0.459. The summed E-state index contributed by atoms with van der Waals surface area (Å²) in [5.74, 6) is -4.68. The zero-order chi connectivity index (χ0) is 26.0. The van der Waals surface area contributed by atoms with Gasteiger partial charge in [0.25, 0.3) is 0 Å². The Bertz CT molecular complexity index is 888. The Morgan fingerprint density at radius 2 is 1.47 bits per heavy atom. The molecule has 0 aliphatic rings. The van der Waals surface area contributed by atoms with E-state index in [-0.39, 0.29) is 25.0 Å². The van der Waals surface area contributed by atoms with Gasteiger partial charge in [-0.25, -0.2) is 4.79 Å². The number of aliphatic hydroxyl groups excluding tert-OH is 1. The zero-order valence-electron chi connectivity index (χ0n) is 18.9. The van der Waals surface area contributed by atoms with E-state index in [1.165, 1.54) is 38.1 Å². The third kappa shape index (κ3) is 9.42. The smallest absolute Gasteiger partial charge is 0.326 e. The number of carbonyl (C=O) groups is 5. The molecule has 0 fully saturated rings. The zero-order valence-corrected chi connectivity index (χ0v) is 18.9. The molecule has 13 nitrogen and oxygen atoms in total. The Hall–Kier alpha value is -3.71. The minimum atomic E-state index is -1.57. The maximum absolute atomic E-state index is 12.7. The Morgan fingerprint density at radius 3 is 1.94 bits per heavy atom. The molecule has 10 N–H and O–H groups in total. The van der Waals surface area contributed by atoms with E-state index in [0.29, 0.717) is 5.56 Å². The number of carbonyl (C=O) groups excluding carboxylic acids is 4. The van der Waals surface area contributed by atoms with Crippen molar-refractivity contribution in [1.29, 1.82) is 0 Å². The van der Waals surface area contributed by atoms with Crippen LogP contribution in [-0.4, -0.2) is 75.2 Å². The number of hydrogen-bond acceptors (Lipinski definition) is 8. The maximum Gasteiger partial charge on any atom is 0.326 e. The summed E-state index contributed by atoms with van der Waals surface area (Å²) in [6.45, 7) is 2.59. The molecular formula is C21H31N5O8. The van der Waals surface area contributed by atoms with Crippen LogP contribution in [0.1, 0.15) is 32.3 Å². The first-order chi connectivity index (χ1) is 15.8. The van der Waals surface area contributed by atoms with E-state index in [1.807, 2.05) is 0 Å². The van der Waals surface area contributed by atoms with Crippen molar-refractivity contribution in [2.75, 3.05) is 0 Å². The van der Waals surface area contributed by atoms with Gasteiger partial charge in [0.2, 0.25) is 23.6 Å². The minimum absolute atomic E-state index is 0.0152. The van der Waals surface area contributed by atoms with E-state index in [4.69, 9.17) is 11.5 Å². The first-order valence-electron chi connectivity index (χ1n) is 10.5. The Morgan fingerprint density at radius 1 is 0.912 bits per heavy atom. The molecule has 5 atom stereocenters. The lowest BCUT2D eigenvalue weighted by Crippen LogP contribution is -2.60. The van der Waals surface area contributed by atoms with Crippen molar-refractivity contribution >= 4 is 29.6 Å². The second-order valence-electron chi connectivity index (χ2n) is 7.85. The maximum atomic E-state index is 12.7. The summed E-state index contributed by atoms with van der Waals surface area (Å²) in [5.41, 5.74) is 11.1. The van der Waals surface area contributed by atoms with Gasteiger partial charge in [-0.15, -0.1) is 0 Å². The number of aliphatic carboxylic acids is 1. The van der Waals surface area contributed by atoms with Gasteiger partial charge in [0.15, 0.2) is 0 Å². The van der Waals surface area contributed by atoms with Gasteiger partial charge in [0, 0.05) is 12.8 Å². The number of nitrogens with one attached hydrogen (secondary N) is 3. The molecule has 188 valence electrons. The second kappa shape index (κ2) is 13.1. The molecule has 5 unspecified atom stereocenters. The highest BCUT2D eigenvalue weighted by Gasteiger charge is 2.32. The fourth-order valence-electron chi connectivity index (χ4n) is 2.85. The van der Waals surface area contributed by atoms with Crippen LogP contribution in [0.5, 0.6) is 5.75 Å². The monoisotopic (exact) mass is 481 g/mol. The lowest BCUT2D eigenvalue weighted by Gasteiger charge is -2.26. The highest BCUT2D eigenvalue weighted by Crippen LogP contribution is 2.12. The lowest BCUT2D eigenvalue weighted by molar-refractivity contribution is -0.143. The van der Waals surface area contributed by atoms with Gasteiger partial charge in [0.05, 0.1) is 12.1 Å². The molecule has 0 aromatic heterocycles. The average Bonchev–Trinajstić information content (AvgIpc) is 2.74. The van der Waals surface area contributed by atoms with Crippen LogP contribution in [0.15, 0.2) is 24.3 Å². The number of phenols is 1. The number of primary amides is 1. The van der Waals surface area contributed by atoms with E-state index in [2.05, 4.69) is 16.0 Å². The van der Waals surface area contributed by atoms with Crippen molar-refractivity contribution in [3.8, 4) is 5.75 Å². The normalized spacial score (nSPS) is 15.2. The highest BCUT2D eigenvalue weighted by atomic mass is 16.4. The van der Waals surface area contributed by atoms with Gasteiger partial charge in [-0.05, 0) is 38.0 Å². The van der Waals surface area contributed by atoms with Gasteiger partial charge >= 0.3 is 5.97 Å². The highest BCUT2D eigenvalue weighted by molar-refractivity contribution is 5.94. The number of aliphatic hydroxyl groups is 1. The molecule has 34 heavy (non-hydrogen) atoms. The number of amides is 4. The molecule has 0 saturated heterocycles. The number of hydrogen-bond donors (Lipinski definition) is 8. The van der Waals surface area contributed by atoms with Crippen molar-refractivity contribution < 1.29 is 39.3 Å². The number of aromatic hydroxyl groups is 1. The van der Waals surface area contributed by atoms with Crippen molar-refractivity contribution in [1.82, 2.24) is 16.0 Å². The van der Waals surface area contributed by atoms with E-state index >= 15 is 0 Å². The fraction of sp³-hybridized carbons (Fsp3) is 0.476. The minimum Gasteiger partial charge on any atom is -0.508 e. The van der Waals surface area contributed by atoms with Gasteiger partial charge in [-0.2, -0.15) is 0 Å². The van der Waals surface area contributed by atoms with Crippen LogP contribution in [0.4, 0.5) is 0 Å². The Kier molecular flexibility index (Phi) is 10.9. The summed E-state index contributed by atoms with van der Waals surface area (Å²) < 4.78 is 0. The SMILES string of the molecule is CC(N)C(=O)NC(CCC(N)=O)C(=O)NC(C(=O)NC(Cc1ccc(O)cc1)C(=O)O)C(C)O. The van der Waals surface area contributed by atoms with Gasteiger partial charge < -0.3 is 42.7 Å². The third-order valence-corrected chi connectivity index (χ3v) is 4.78. The molecule has 1 aromatic carbocycles. The first-order valence-corrected chi connectivity index (χ1v) is 10.5. The van der Waals surface area contributed by atoms with Crippen LogP contribution >= 0.6 is 0 Å². The number of carboxylic acids is 1. The predicted molar refractivity (Wildman–Crippen MR) is 119 cm³/mol. The predicted octanol–water partition coefficient (Wildman–Crippen LogP) is -2.53. The van der Waals surface area contributed by atoms with Crippen molar-refractivity contribution in [3.05, 3.63) is 29.8 Å². The number of benzene rings is 1. The number of phenolic OH excluding ortho intramolecular Hbond substituents is 1. The van der Waals surface area contributed by atoms with Gasteiger partial charge in [-0.1, -0.05) is 12.1 Å². The van der Waals surface area contributed by atoms with E-state index < -0.39 is 59.9 Å². The standard InChI is InChI=1S/C21H31N5O8/c1-10(22)18(30)24-14(7-8-16(23)29)19(31)26-17(11(2)27)20(32)25-15(21(33)34)9-12-3-5-13(28)6-4-12/h3-6,10-11,14-15,17,27-28H,7-9,22H2,1-2H3,(H2,23,29)(H,24,30)(H,25,32)(H,26,31)(H,33,34). The molecule has 0 aliphatic heterocycles. The summed E-state index contributed by atoms with van der Waals surface area (Å²) in [4.78, 5) is 60.1. The topological polar surface area (TPSA) is 234 Å². The third-order valence-electron chi connectivity index (χ3n) is 4.78. The summed E-state index contributed by atoms with van der Waals surface area (Å²) >= 11 is 0. The van der Waals surface area contributed by atoms with Crippen molar-refractivity contribution in [3.63, 3.8) is 0 Å². The van der Waals surface area contributed by atoms with Gasteiger partial charge in [0.1, 0.15) is 23.9 Å². The molecule has 0 heterocycles. The van der Waals surface area contributed by atoms with Crippen LogP contribution in [0.2, 0.25) is 0 Å². The number of carboxylic acid groups (broad SMARTS) is 1. The van der Waals surface area contributed by atoms with Crippen LogP contribution in [-0.2, 0) is 30.4 Å². The molecule has 1 rings (SSSR count). The van der Waals surface area contributed by atoms with Gasteiger partial charge in [-0.3, -0.25) is 19.2 Å². The molecule has 0 bridgehead atoms. The van der Waals surface area contributed by atoms with E-state index in [9.17, 15) is 39.3 Å². The second-order valence-corrected chi connectivity index (χ2v) is 7.85. The van der Waals surface area contributed by atoms with Crippen molar-refractivity contribution in [2.45, 2.75) is 63.4 Å². The summed E-state index contributed by atoms with van der Waals surface area (Å²) in [6.07, 6.45) is -2.01. The molecule has 0 aliphatic carbocycles. The number of nitrogens with two attached hydrogens (primary N) is 2. The molecule has 4 amide bonds. The molecular weight excluding hydrogens is 450 g/mol. The van der Waals surface area contributed by atoms with Crippen LogP contribution < -0.4 is 27.4 Å². The molecule has 1 aromatic rings. The van der Waals surface area contributed by atoms with E-state index in [0.717, 1.165) is 0 Å². The summed E-state index contributed by atoms with van der Waals surface area (Å²) in [7, 11) is 0. The molecule has 0 spiro atoms. The van der Waals surface area contributed by atoms with Crippen LogP contribution in [0.3, 0.4) is 0 Å². The van der Waals surface area contributed by atoms with Crippen LogP contribution in [0, 0.1) is 0 Å². The van der Waals surface area contributed by atoms with Crippen molar-refractivity contribution in [2.24, 2.45) is 11.5 Å². The largest absolute Gasteiger partial charge is 0.508 e. The Balaban J connectivity index is 2.97. The van der Waals surface area contributed by atoms with Crippen LogP contribution in [0.25, 0.3) is 0 Å². The summed E-state index contributed by atoms with van der Waals surface area (Å²) in [5, 5.41) is 35.7. The molecule has 0 radical (unpaired) electrons. The average molecular weight is 482 g/mol.